The van der Waals surface area contributed by atoms with Crippen LogP contribution in [0.4, 0.5) is 8.78 Å². The number of hydrogen-bond acceptors (Lipinski definition) is 4. The van der Waals surface area contributed by atoms with Gasteiger partial charge in [-0.2, -0.15) is 0 Å². The van der Waals surface area contributed by atoms with Gasteiger partial charge in [-0.05, 0) is 17.9 Å². The highest BCUT2D eigenvalue weighted by Crippen LogP contribution is 2.29. The van der Waals surface area contributed by atoms with Crippen LogP contribution >= 0.6 is 11.3 Å². The van der Waals surface area contributed by atoms with E-state index in [4.69, 9.17) is 4.74 Å². The second kappa shape index (κ2) is 7.82. The molecule has 2 heterocycles. The van der Waals surface area contributed by atoms with Crippen LogP contribution in [0.3, 0.4) is 0 Å². The molecule has 7 heteroatoms. The number of alkyl halides is 2. The van der Waals surface area contributed by atoms with Crippen LogP contribution in [0.2, 0.25) is 0 Å². The van der Waals surface area contributed by atoms with Gasteiger partial charge in [0.2, 0.25) is 5.91 Å². The van der Waals surface area contributed by atoms with Gasteiger partial charge >= 0.3 is 0 Å². The number of rotatable bonds is 8. The summed E-state index contributed by atoms with van der Waals surface area (Å²) in [6, 6.07) is 3.71. The Bertz CT molecular complexity index is 442. The first-order valence-corrected chi connectivity index (χ1v) is 7.97. The molecular weight excluding hydrogens is 298 g/mol. The van der Waals surface area contributed by atoms with Crippen LogP contribution in [0.1, 0.15) is 30.8 Å². The molecule has 118 valence electrons. The van der Waals surface area contributed by atoms with Crippen LogP contribution in [0.5, 0.6) is 0 Å². The SMILES string of the molecule is CCCC1NC(c2cccs2)N(CCOCC(F)F)C1=O. The maximum Gasteiger partial charge on any atom is 0.261 e. The number of nitrogens with zero attached hydrogens (tertiary/aromatic N) is 1. The number of halogens is 2. The molecule has 1 aromatic rings. The van der Waals surface area contributed by atoms with Crippen molar-refractivity contribution in [2.75, 3.05) is 19.8 Å². The average Bonchev–Trinajstić information content (AvgIpc) is 3.05. The highest BCUT2D eigenvalue weighted by molar-refractivity contribution is 7.10. The van der Waals surface area contributed by atoms with E-state index in [1.165, 1.54) is 0 Å². The van der Waals surface area contributed by atoms with E-state index in [0.717, 1.165) is 17.7 Å². The molecule has 0 aliphatic carbocycles. The summed E-state index contributed by atoms with van der Waals surface area (Å²) in [6.07, 6.45) is -0.965. The third-order valence-electron chi connectivity index (χ3n) is 3.36. The zero-order valence-electron chi connectivity index (χ0n) is 11.9. The Morgan fingerprint density at radius 3 is 2.95 bits per heavy atom. The van der Waals surface area contributed by atoms with Gasteiger partial charge in [-0.25, -0.2) is 8.78 Å². The van der Waals surface area contributed by atoms with Gasteiger partial charge in [0.15, 0.2) is 0 Å². The minimum absolute atomic E-state index is 0.0240. The van der Waals surface area contributed by atoms with Gasteiger partial charge in [0.25, 0.3) is 6.43 Å². The van der Waals surface area contributed by atoms with Gasteiger partial charge < -0.3 is 9.64 Å². The molecule has 0 bridgehead atoms. The molecule has 4 nitrogen and oxygen atoms in total. The lowest BCUT2D eigenvalue weighted by molar-refractivity contribution is -0.131. The first kappa shape index (κ1) is 16.3. The molecule has 1 aliphatic rings. The van der Waals surface area contributed by atoms with Gasteiger partial charge in [-0.3, -0.25) is 10.1 Å². The number of nitrogens with one attached hydrogen (secondary N) is 1. The van der Waals surface area contributed by atoms with Gasteiger partial charge in [-0.1, -0.05) is 19.4 Å². The van der Waals surface area contributed by atoms with Crippen molar-refractivity contribution < 1.29 is 18.3 Å². The number of ether oxygens (including phenoxy) is 1. The zero-order chi connectivity index (χ0) is 15.2. The quantitative estimate of drug-likeness (QED) is 0.749. The van der Waals surface area contributed by atoms with Crippen LogP contribution in [0.15, 0.2) is 17.5 Å². The maximum atomic E-state index is 12.4. The molecular formula is C14H20F2N2O2S. The molecule has 1 N–H and O–H groups in total. The smallest absolute Gasteiger partial charge is 0.261 e. The highest BCUT2D eigenvalue weighted by atomic mass is 32.1. The molecule has 2 unspecified atom stereocenters. The van der Waals surface area contributed by atoms with Gasteiger partial charge in [0.1, 0.15) is 12.8 Å². The largest absolute Gasteiger partial charge is 0.374 e. The molecule has 1 fully saturated rings. The first-order chi connectivity index (χ1) is 10.1. The summed E-state index contributed by atoms with van der Waals surface area (Å²) in [6.45, 7) is 1.89. The van der Waals surface area contributed by atoms with E-state index in [1.54, 1.807) is 16.2 Å². The van der Waals surface area contributed by atoms with Crippen molar-refractivity contribution in [2.24, 2.45) is 0 Å². The number of carbonyl (C=O) groups is 1. The molecule has 2 rings (SSSR count). The number of hydrogen-bond donors (Lipinski definition) is 1. The summed E-state index contributed by atoms with van der Waals surface area (Å²) in [5.74, 6) is 0.0240. The van der Waals surface area contributed by atoms with Crippen molar-refractivity contribution in [3.8, 4) is 0 Å². The lowest BCUT2D eigenvalue weighted by Crippen LogP contribution is -2.34. The Morgan fingerprint density at radius 2 is 2.33 bits per heavy atom. The normalized spacial score (nSPS) is 22.5. The molecule has 1 amide bonds. The highest BCUT2D eigenvalue weighted by Gasteiger charge is 2.39. The van der Waals surface area contributed by atoms with Crippen molar-refractivity contribution in [1.29, 1.82) is 0 Å². The second-order valence-electron chi connectivity index (χ2n) is 4.92. The Hall–Kier alpha value is -1.05. The van der Waals surface area contributed by atoms with Gasteiger partial charge in [0.05, 0.1) is 12.6 Å². The van der Waals surface area contributed by atoms with E-state index in [1.807, 2.05) is 24.4 Å². The van der Waals surface area contributed by atoms with Crippen LogP contribution in [0.25, 0.3) is 0 Å². The Labute approximate surface area is 127 Å². The topological polar surface area (TPSA) is 41.6 Å². The van der Waals surface area contributed by atoms with Crippen molar-refractivity contribution in [3.63, 3.8) is 0 Å². The van der Waals surface area contributed by atoms with E-state index in [2.05, 4.69) is 5.32 Å². The molecule has 1 aliphatic heterocycles. The van der Waals surface area contributed by atoms with Crippen LogP contribution in [0, 0.1) is 0 Å². The predicted octanol–water partition coefficient (Wildman–Crippen LogP) is 2.63. The Balaban J connectivity index is 1.98. The summed E-state index contributed by atoms with van der Waals surface area (Å²) in [7, 11) is 0. The van der Waals surface area contributed by atoms with Crippen LogP contribution < -0.4 is 5.32 Å². The van der Waals surface area contributed by atoms with Crippen LogP contribution in [-0.2, 0) is 9.53 Å². The molecule has 0 aromatic carbocycles. The molecule has 21 heavy (non-hydrogen) atoms. The van der Waals surface area contributed by atoms with Crippen molar-refractivity contribution in [2.45, 2.75) is 38.4 Å². The monoisotopic (exact) mass is 318 g/mol. The van der Waals surface area contributed by atoms with E-state index >= 15 is 0 Å². The molecule has 1 aromatic heterocycles. The maximum absolute atomic E-state index is 12.4. The third-order valence-corrected chi connectivity index (χ3v) is 4.29. The molecule has 0 spiro atoms. The van der Waals surface area contributed by atoms with E-state index in [0.29, 0.717) is 6.54 Å². The summed E-state index contributed by atoms with van der Waals surface area (Å²) in [4.78, 5) is 15.1. The number of thiophene rings is 1. The van der Waals surface area contributed by atoms with Crippen LogP contribution in [-0.4, -0.2) is 43.0 Å². The number of amides is 1. The fraction of sp³-hybridized carbons (Fsp3) is 0.643. The fourth-order valence-corrected chi connectivity index (χ4v) is 3.23. The molecule has 1 saturated heterocycles. The number of carbonyl (C=O) groups excluding carboxylic acids is 1. The molecule has 0 saturated carbocycles. The van der Waals surface area contributed by atoms with Crippen molar-refractivity contribution in [1.82, 2.24) is 10.2 Å². The third kappa shape index (κ3) is 4.21. The standard InChI is InChI=1S/C14H20F2N2O2S/c1-2-4-10-14(19)18(6-7-20-9-12(15)16)13(17-10)11-5-3-8-21-11/h3,5,8,10,12-13,17H,2,4,6-7,9H2,1H3. The van der Waals surface area contributed by atoms with Gasteiger partial charge in [-0.15, -0.1) is 11.3 Å². The molecule has 0 radical (unpaired) electrons. The van der Waals surface area contributed by atoms with Crippen molar-refractivity contribution in [3.05, 3.63) is 22.4 Å². The summed E-state index contributed by atoms with van der Waals surface area (Å²) >= 11 is 1.57. The van der Waals surface area contributed by atoms with E-state index < -0.39 is 13.0 Å². The Kier molecular flexibility index (Phi) is 6.08. The zero-order valence-corrected chi connectivity index (χ0v) is 12.7. The Morgan fingerprint density at radius 1 is 1.52 bits per heavy atom. The summed E-state index contributed by atoms with van der Waals surface area (Å²) in [5, 5.41) is 5.29. The minimum Gasteiger partial charge on any atom is -0.374 e. The summed E-state index contributed by atoms with van der Waals surface area (Å²) < 4.78 is 29.0. The lowest BCUT2D eigenvalue weighted by Gasteiger charge is -2.23. The predicted molar refractivity (Wildman–Crippen MR) is 77.4 cm³/mol. The van der Waals surface area contributed by atoms with Gasteiger partial charge in [0, 0.05) is 11.4 Å². The first-order valence-electron chi connectivity index (χ1n) is 7.09. The van der Waals surface area contributed by atoms with E-state index in [9.17, 15) is 13.6 Å². The van der Waals surface area contributed by atoms with Crippen molar-refractivity contribution >= 4 is 17.2 Å². The minimum atomic E-state index is -2.47. The average molecular weight is 318 g/mol. The fourth-order valence-electron chi connectivity index (χ4n) is 2.43. The van der Waals surface area contributed by atoms with E-state index in [-0.39, 0.29) is 24.7 Å². The molecule has 2 atom stereocenters. The lowest BCUT2D eigenvalue weighted by atomic mass is 10.2. The summed E-state index contributed by atoms with van der Waals surface area (Å²) in [5.41, 5.74) is 0. The second-order valence-corrected chi connectivity index (χ2v) is 5.90.